The zero-order valence-corrected chi connectivity index (χ0v) is 10.0. The summed E-state index contributed by atoms with van der Waals surface area (Å²) in [7, 11) is 0. The van der Waals surface area contributed by atoms with Gasteiger partial charge in [-0.1, -0.05) is 18.2 Å². The number of alkyl halides is 6. The second-order valence-corrected chi connectivity index (χ2v) is 3.94. The molecule has 0 spiro atoms. The number of halogens is 6. The van der Waals surface area contributed by atoms with Gasteiger partial charge in [0.05, 0.1) is 12.2 Å². The molecule has 0 amide bonds. The molecule has 0 unspecified atom stereocenters. The molecule has 0 heterocycles. The molecule has 0 radical (unpaired) electrons. The highest BCUT2D eigenvalue weighted by molar-refractivity contribution is 5.75. The molecule has 20 heavy (non-hydrogen) atoms. The van der Waals surface area contributed by atoms with Gasteiger partial charge < -0.3 is 4.74 Å². The number of aryl methyl sites for hydroxylation is 1. The van der Waals surface area contributed by atoms with Crippen LogP contribution in [0.2, 0.25) is 0 Å². The topological polar surface area (TPSA) is 26.3 Å². The molecule has 0 fully saturated rings. The lowest BCUT2D eigenvalue weighted by atomic mass is 10.1. The SMILES string of the molecule is O=C(OCCCc1cccc(C(F)(F)F)c1)C(F)(F)F. The molecule has 0 aliphatic heterocycles. The Bertz CT molecular complexity index is 464. The summed E-state index contributed by atoms with van der Waals surface area (Å²) in [5, 5.41) is 0. The van der Waals surface area contributed by atoms with E-state index < -0.39 is 30.5 Å². The van der Waals surface area contributed by atoms with Crippen LogP contribution < -0.4 is 0 Å². The molecular formula is C12H10F6O2. The van der Waals surface area contributed by atoms with Crippen molar-refractivity contribution in [2.45, 2.75) is 25.2 Å². The fraction of sp³-hybridized carbons (Fsp3) is 0.417. The van der Waals surface area contributed by atoms with Crippen molar-refractivity contribution in [3.05, 3.63) is 35.4 Å². The van der Waals surface area contributed by atoms with Gasteiger partial charge in [0.2, 0.25) is 0 Å². The molecule has 0 atom stereocenters. The standard InChI is InChI=1S/C12H10F6O2/c13-11(14,15)9-5-1-3-8(7-9)4-2-6-20-10(19)12(16,17)18/h1,3,5,7H,2,4,6H2. The molecule has 8 heteroatoms. The van der Waals surface area contributed by atoms with Crippen LogP contribution in [0.1, 0.15) is 17.5 Å². The first-order valence-corrected chi connectivity index (χ1v) is 5.51. The van der Waals surface area contributed by atoms with E-state index in [2.05, 4.69) is 4.74 Å². The van der Waals surface area contributed by atoms with E-state index in [4.69, 9.17) is 0 Å². The molecule has 0 N–H and O–H groups in total. The van der Waals surface area contributed by atoms with Crippen LogP contribution >= 0.6 is 0 Å². The van der Waals surface area contributed by atoms with Gasteiger partial charge in [-0.3, -0.25) is 0 Å². The largest absolute Gasteiger partial charge is 0.490 e. The number of rotatable bonds is 4. The summed E-state index contributed by atoms with van der Waals surface area (Å²) in [6, 6.07) is 4.43. The van der Waals surface area contributed by atoms with E-state index in [1.807, 2.05) is 0 Å². The Labute approximate surface area is 110 Å². The summed E-state index contributed by atoms with van der Waals surface area (Å²) < 4.78 is 76.5. The lowest BCUT2D eigenvalue weighted by molar-refractivity contribution is -0.199. The van der Waals surface area contributed by atoms with Crippen molar-refractivity contribution in [2.24, 2.45) is 0 Å². The molecule has 0 saturated heterocycles. The van der Waals surface area contributed by atoms with Crippen molar-refractivity contribution in [1.82, 2.24) is 0 Å². The van der Waals surface area contributed by atoms with Gasteiger partial charge in [0.15, 0.2) is 0 Å². The minimum atomic E-state index is -5.06. The highest BCUT2D eigenvalue weighted by Crippen LogP contribution is 2.29. The highest BCUT2D eigenvalue weighted by atomic mass is 19.4. The van der Waals surface area contributed by atoms with Gasteiger partial charge in [-0.05, 0) is 24.5 Å². The van der Waals surface area contributed by atoms with Crippen LogP contribution in [0.4, 0.5) is 26.3 Å². The molecule has 2 nitrogen and oxygen atoms in total. The smallest absolute Gasteiger partial charge is 0.459 e. The maximum absolute atomic E-state index is 12.4. The monoisotopic (exact) mass is 300 g/mol. The summed E-state index contributed by atoms with van der Waals surface area (Å²) in [5.41, 5.74) is -0.523. The molecule has 1 rings (SSSR count). The molecule has 0 saturated carbocycles. The molecule has 112 valence electrons. The van der Waals surface area contributed by atoms with Crippen LogP contribution in [0.25, 0.3) is 0 Å². The van der Waals surface area contributed by atoms with Crippen LogP contribution in [-0.2, 0) is 22.1 Å². The minimum Gasteiger partial charge on any atom is -0.459 e. The van der Waals surface area contributed by atoms with E-state index in [0.717, 1.165) is 12.1 Å². The molecule has 0 aliphatic rings. The lowest BCUT2D eigenvalue weighted by Crippen LogP contribution is -2.25. The van der Waals surface area contributed by atoms with E-state index in [-0.39, 0.29) is 12.8 Å². The number of benzene rings is 1. The van der Waals surface area contributed by atoms with E-state index in [9.17, 15) is 31.1 Å². The molecule has 1 aromatic carbocycles. The molecule has 0 aliphatic carbocycles. The molecule has 0 aromatic heterocycles. The quantitative estimate of drug-likeness (QED) is 0.481. The predicted octanol–water partition coefficient (Wildman–Crippen LogP) is 3.74. The van der Waals surface area contributed by atoms with Gasteiger partial charge in [0, 0.05) is 0 Å². The van der Waals surface area contributed by atoms with Gasteiger partial charge in [0.1, 0.15) is 0 Å². The van der Waals surface area contributed by atoms with Gasteiger partial charge in [-0.15, -0.1) is 0 Å². The normalized spacial score (nSPS) is 12.3. The minimum absolute atomic E-state index is 0.00311. The summed E-state index contributed by atoms with van der Waals surface area (Å²) in [4.78, 5) is 10.4. The van der Waals surface area contributed by atoms with Crippen LogP contribution in [0.5, 0.6) is 0 Å². The fourth-order valence-electron chi connectivity index (χ4n) is 1.43. The fourth-order valence-corrected chi connectivity index (χ4v) is 1.43. The highest BCUT2D eigenvalue weighted by Gasteiger charge is 2.40. The Morgan fingerprint density at radius 3 is 2.30 bits per heavy atom. The Kier molecular flexibility index (Phi) is 5.02. The van der Waals surface area contributed by atoms with E-state index >= 15 is 0 Å². The second kappa shape index (κ2) is 6.15. The van der Waals surface area contributed by atoms with Crippen molar-refractivity contribution in [3.63, 3.8) is 0 Å². The van der Waals surface area contributed by atoms with E-state index in [0.29, 0.717) is 5.56 Å². The summed E-state index contributed by atoms with van der Waals surface area (Å²) in [5.74, 6) is -2.30. The number of carbonyl (C=O) groups is 1. The number of carbonyl (C=O) groups excluding carboxylic acids is 1. The number of ether oxygens (including phenoxy) is 1. The van der Waals surface area contributed by atoms with Gasteiger partial charge in [0.25, 0.3) is 0 Å². The van der Waals surface area contributed by atoms with Crippen molar-refractivity contribution in [3.8, 4) is 0 Å². The Morgan fingerprint density at radius 1 is 1.10 bits per heavy atom. The zero-order valence-electron chi connectivity index (χ0n) is 10.0. The summed E-state index contributed by atoms with van der Waals surface area (Å²) in [6.07, 6.45) is -9.45. The average Bonchev–Trinajstić information content (AvgIpc) is 2.32. The third kappa shape index (κ3) is 5.10. The van der Waals surface area contributed by atoms with Crippen LogP contribution in [0, 0.1) is 0 Å². The Morgan fingerprint density at radius 2 is 1.75 bits per heavy atom. The van der Waals surface area contributed by atoms with E-state index in [1.54, 1.807) is 0 Å². The maximum Gasteiger partial charge on any atom is 0.490 e. The maximum atomic E-state index is 12.4. The molecule has 0 bridgehead atoms. The Hall–Kier alpha value is -1.73. The Balaban J connectivity index is 2.46. The predicted molar refractivity (Wildman–Crippen MR) is 56.8 cm³/mol. The first-order valence-electron chi connectivity index (χ1n) is 5.51. The number of esters is 1. The third-order valence-corrected chi connectivity index (χ3v) is 2.33. The average molecular weight is 300 g/mol. The summed E-state index contributed by atoms with van der Waals surface area (Å²) >= 11 is 0. The van der Waals surface area contributed by atoms with Crippen LogP contribution in [0.15, 0.2) is 24.3 Å². The van der Waals surface area contributed by atoms with Gasteiger partial charge in [-0.2, -0.15) is 26.3 Å². The summed E-state index contributed by atoms with van der Waals surface area (Å²) in [6.45, 7) is -0.505. The van der Waals surface area contributed by atoms with Crippen molar-refractivity contribution in [1.29, 1.82) is 0 Å². The van der Waals surface area contributed by atoms with Crippen LogP contribution in [-0.4, -0.2) is 18.8 Å². The van der Waals surface area contributed by atoms with Crippen molar-refractivity contribution in [2.75, 3.05) is 6.61 Å². The van der Waals surface area contributed by atoms with Gasteiger partial charge in [-0.25, -0.2) is 4.79 Å². The van der Waals surface area contributed by atoms with E-state index in [1.165, 1.54) is 12.1 Å². The van der Waals surface area contributed by atoms with Crippen LogP contribution in [0.3, 0.4) is 0 Å². The zero-order chi connectivity index (χ0) is 15.4. The van der Waals surface area contributed by atoms with Gasteiger partial charge >= 0.3 is 18.3 Å². The van der Waals surface area contributed by atoms with Crippen molar-refractivity contribution >= 4 is 5.97 Å². The lowest BCUT2D eigenvalue weighted by Gasteiger charge is -2.09. The third-order valence-electron chi connectivity index (χ3n) is 2.33. The first-order chi connectivity index (χ1) is 9.10. The number of hydrogen-bond acceptors (Lipinski definition) is 2. The second-order valence-electron chi connectivity index (χ2n) is 3.94. The number of hydrogen-bond donors (Lipinski definition) is 0. The van der Waals surface area contributed by atoms with Crippen molar-refractivity contribution < 1.29 is 35.9 Å². The first kappa shape index (κ1) is 16.3. The molecular weight excluding hydrogens is 290 g/mol. The molecule has 1 aromatic rings.